The first-order valence-electron chi connectivity index (χ1n) is 8.22. The van der Waals surface area contributed by atoms with Crippen LogP contribution in [-0.4, -0.2) is 62.5 Å². The average molecular weight is 462 g/mol. The number of likely N-dealkylation sites (N-methyl/N-ethyl adjacent to an activating group) is 1. The Bertz CT molecular complexity index is 547. The van der Waals surface area contributed by atoms with E-state index in [-0.39, 0.29) is 42.5 Å². The molecule has 0 aliphatic rings. The Labute approximate surface area is 168 Å². The second-order valence-electron chi connectivity index (χ2n) is 6.09. The van der Waals surface area contributed by atoms with Gasteiger partial charge in [0.2, 0.25) is 5.91 Å². The monoisotopic (exact) mass is 462 g/mol. The van der Waals surface area contributed by atoms with Crippen LogP contribution in [0.3, 0.4) is 0 Å². The summed E-state index contributed by atoms with van der Waals surface area (Å²) in [5, 5.41) is 3.38. The third-order valence-electron chi connectivity index (χ3n) is 3.79. The molecule has 1 aromatic rings. The topological polar surface area (TPSA) is 57.2 Å². The highest BCUT2D eigenvalue weighted by molar-refractivity contribution is 14.0. The summed E-state index contributed by atoms with van der Waals surface area (Å²) in [6, 6.07) is 8.23. The molecule has 0 aliphatic heterocycles. The molecule has 0 fully saturated rings. The molecule has 0 saturated heterocycles. The minimum absolute atomic E-state index is 0. The molecular formula is C18H31IN4O2. The van der Waals surface area contributed by atoms with Gasteiger partial charge in [0.15, 0.2) is 5.96 Å². The van der Waals surface area contributed by atoms with Crippen LogP contribution in [0.1, 0.15) is 25.8 Å². The van der Waals surface area contributed by atoms with Gasteiger partial charge in [-0.05, 0) is 31.0 Å². The van der Waals surface area contributed by atoms with Crippen LogP contribution < -0.4 is 10.1 Å². The highest BCUT2D eigenvalue weighted by Crippen LogP contribution is 2.12. The lowest BCUT2D eigenvalue weighted by molar-refractivity contribution is -0.127. The molecule has 1 unspecified atom stereocenters. The smallest absolute Gasteiger partial charge is 0.243 e. The summed E-state index contributed by atoms with van der Waals surface area (Å²) < 4.78 is 5.18. The van der Waals surface area contributed by atoms with Gasteiger partial charge in [0, 0.05) is 33.7 Å². The van der Waals surface area contributed by atoms with Crippen LogP contribution in [0.4, 0.5) is 0 Å². The van der Waals surface area contributed by atoms with Crippen LogP contribution >= 0.6 is 24.0 Å². The van der Waals surface area contributed by atoms with E-state index in [4.69, 9.17) is 4.74 Å². The van der Waals surface area contributed by atoms with E-state index in [0.717, 1.165) is 23.7 Å². The number of halogens is 1. The number of hydrogen-bond donors (Lipinski definition) is 1. The van der Waals surface area contributed by atoms with Crippen molar-refractivity contribution in [2.45, 2.75) is 32.9 Å². The summed E-state index contributed by atoms with van der Waals surface area (Å²) in [6.07, 6.45) is 0.983. The maximum absolute atomic E-state index is 11.8. The Hall–Kier alpha value is -1.51. The molecule has 0 spiro atoms. The molecule has 6 nitrogen and oxygen atoms in total. The average Bonchev–Trinajstić information content (AvgIpc) is 2.58. The minimum atomic E-state index is -0.0173. The van der Waals surface area contributed by atoms with Crippen LogP contribution in [0.15, 0.2) is 29.3 Å². The van der Waals surface area contributed by atoms with Crippen LogP contribution in [0.5, 0.6) is 5.75 Å². The number of benzene rings is 1. The third kappa shape index (κ3) is 8.42. The molecule has 25 heavy (non-hydrogen) atoms. The molecule has 0 saturated carbocycles. The zero-order chi connectivity index (χ0) is 18.1. The van der Waals surface area contributed by atoms with Gasteiger partial charge in [0.05, 0.1) is 7.11 Å². The van der Waals surface area contributed by atoms with Gasteiger partial charge in [-0.3, -0.25) is 4.79 Å². The van der Waals surface area contributed by atoms with Gasteiger partial charge < -0.3 is 19.9 Å². The quantitative estimate of drug-likeness (QED) is 0.385. The van der Waals surface area contributed by atoms with Crippen LogP contribution in [0, 0.1) is 0 Å². The van der Waals surface area contributed by atoms with Crippen molar-refractivity contribution in [3.05, 3.63) is 29.8 Å². The molecule has 1 aromatic carbocycles. The van der Waals surface area contributed by atoms with E-state index < -0.39 is 0 Å². The van der Waals surface area contributed by atoms with E-state index in [1.807, 2.05) is 36.2 Å². The standard InChI is InChI=1S/C18H30N4O2.HI/c1-7-14(2)20-18(19-12-17(23)21(3)4)22(5)13-15-8-10-16(24-6)11-9-15;/h8-11,14H,7,12-13H2,1-6H3,(H,19,20);1H. The van der Waals surface area contributed by atoms with Crippen molar-refractivity contribution in [3.63, 3.8) is 0 Å². The van der Waals surface area contributed by atoms with Crippen molar-refractivity contribution in [2.24, 2.45) is 4.99 Å². The zero-order valence-corrected chi connectivity index (χ0v) is 18.4. The molecule has 0 radical (unpaired) electrons. The van der Waals surface area contributed by atoms with Gasteiger partial charge in [-0.2, -0.15) is 0 Å². The maximum atomic E-state index is 11.8. The van der Waals surface area contributed by atoms with Crippen LogP contribution in [0.2, 0.25) is 0 Å². The largest absolute Gasteiger partial charge is 0.497 e. The van der Waals surface area contributed by atoms with Gasteiger partial charge >= 0.3 is 0 Å². The molecular weight excluding hydrogens is 431 g/mol. The maximum Gasteiger partial charge on any atom is 0.243 e. The number of amides is 1. The minimum Gasteiger partial charge on any atom is -0.497 e. The van der Waals surface area contributed by atoms with Gasteiger partial charge in [0.25, 0.3) is 0 Å². The lowest BCUT2D eigenvalue weighted by Gasteiger charge is -2.25. The van der Waals surface area contributed by atoms with Crippen molar-refractivity contribution in [2.75, 3.05) is 34.8 Å². The molecule has 0 aromatic heterocycles. The molecule has 1 atom stereocenters. The fourth-order valence-electron chi connectivity index (χ4n) is 1.96. The normalized spacial score (nSPS) is 12.0. The number of nitrogens with zero attached hydrogens (tertiary/aromatic N) is 3. The van der Waals surface area contributed by atoms with Gasteiger partial charge in [-0.1, -0.05) is 19.1 Å². The summed E-state index contributed by atoms with van der Waals surface area (Å²) in [4.78, 5) is 19.9. The summed E-state index contributed by atoms with van der Waals surface area (Å²) in [6.45, 7) is 5.05. The van der Waals surface area contributed by atoms with Crippen molar-refractivity contribution in [3.8, 4) is 5.75 Å². The molecule has 7 heteroatoms. The zero-order valence-electron chi connectivity index (χ0n) is 16.1. The number of carbonyl (C=O) groups is 1. The second-order valence-corrected chi connectivity index (χ2v) is 6.09. The Morgan fingerprint density at radius 2 is 1.84 bits per heavy atom. The number of guanidine groups is 1. The van der Waals surface area contributed by atoms with Crippen molar-refractivity contribution < 1.29 is 9.53 Å². The Balaban J connectivity index is 0.00000576. The first-order valence-corrected chi connectivity index (χ1v) is 8.22. The molecule has 142 valence electrons. The van der Waals surface area contributed by atoms with E-state index in [1.165, 1.54) is 0 Å². The summed E-state index contributed by atoms with van der Waals surface area (Å²) in [5.41, 5.74) is 1.15. The van der Waals surface area contributed by atoms with E-state index >= 15 is 0 Å². The highest BCUT2D eigenvalue weighted by atomic mass is 127. The number of aliphatic imine (C=N–C) groups is 1. The Morgan fingerprint density at radius 1 is 1.24 bits per heavy atom. The number of ether oxygens (including phenoxy) is 1. The fourth-order valence-corrected chi connectivity index (χ4v) is 1.96. The lowest BCUT2D eigenvalue weighted by atomic mass is 10.2. The second kappa shape index (κ2) is 11.9. The molecule has 1 N–H and O–H groups in total. The predicted molar refractivity (Wildman–Crippen MR) is 114 cm³/mol. The predicted octanol–water partition coefficient (Wildman–Crippen LogP) is 2.58. The van der Waals surface area contributed by atoms with E-state index in [1.54, 1.807) is 26.1 Å². The number of methoxy groups -OCH3 is 1. The summed E-state index contributed by atoms with van der Waals surface area (Å²) in [5.74, 6) is 1.55. The van der Waals surface area contributed by atoms with Crippen LogP contribution in [-0.2, 0) is 11.3 Å². The SMILES string of the molecule is CCC(C)NC(=NCC(=O)N(C)C)N(C)Cc1ccc(OC)cc1.I. The molecule has 0 aliphatic carbocycles. The molecule has 1 amide bonds. The van der Waals surface area contributed by atoms with E-state index in [2.05, 4.69) is 24.2 Å². The number of carbonyl (C=O) groups excluding carboxylic acids is 1. The van der Waals surface area contributed by atoms with E-state index in [9.17, 15) is 4.79 Å². The third-order valence-corrected chi connectivity index (χ3v) is 3.79. The number of nitrogens with one attached hydrogen (secondary N) is 1. The summed E-state index contributed by atoms with van der Waals surface area (Å²) >= 11 is 0. The van der Waals surface area contributed by atoms with Crippen molar-refractivity contribution in [1.29, 1.82) is 0 Å². The van der Waals surface area contributed by atoms with Gasteiger partial charge in [-0.15, -0.1) is 24.0 Å². The fraction of sp³-hybridized carbons (Fsp3) is 0.556. The molecule has 0 heterocycles. The van der Waals surface area contributed by atoms with Gasteiger partial charge in [0.1, 0.15) is 12.3 Å². The number of rotatable bonds is 7. The summed E-state index contributed by atoms with van der Waals surface area (Å²) in [7, 11) is 7.10. The molecule has 1 rings (SSSR count). The van der Waals surface area contributed by atoms with Crippen molar-refractivity contribution in [1.82, 2.24) is 15.1 Å². The Morgan fingerprint density at radius 3 is 2.32 bits per heavy atom. The highest BCUT2D eigenvalue weighted by Gasteiger charge is 2.12. The van der Waals surface area contributed by atoms with Crippen molar-refractivity contribution >= 4 is 35.8 Å². The first-order chi connectivity index (χ1) is 11.4. The first kappa shape index (κ1) is 23.5. The van der Waals surface area contributed by atoms with E-state index in [0.29, 0.717) is 6.54 Å². The van der Waals surface area contributed by atoms with Crippen LogP contribution in [0.25, 0.3) is 0 Å². The molecule has 0 bridgehead atoms. The van der Waals surface area contributed by atoms with Gasteiger partial charge in [-0.25, -0.2) is 4.99 Å². The Kier molecular flexibility index (Phi) is 11.2. The lowest BCUT2D eigenvalue weighted by Crippen LogP contribution is -2.43. The number of hydrogen-bond acceptors (Lipinski definition) is 3.